The molecule has 1 aromatic heterocycles. The highest BCUT2D eigenvalue weighted by atomic mass is 16.7. The lowest BCUT2D eigenvalue weighted by Crippen LogP contribution is -2.63. The normalized spacial score (nSPS) is 21.6. The zero-order valence-corrected chi connectivity index (χ0v) is 24.2. The lowest BCUT2D eigenvalue weighted by molar-refractivity contribution is -0.308. The summed E-state index contributed by atoms with van der Waals surface area (Å²) in [4.78, 5) is 51.4. The lowest BCUT2D eigenvalue weighted by Gasteiger charge is -2.44. The number of nitrogens with zero attached hydrogens (tertiary/aromatic N) is 1. The van der Waals surface area contributed by atoms with E-state index in [0.717, 1.165) is 29.8 Å². The molecule has 1 fully saturated rings. The Morgan fingerprint density at radius 3 is 2.07 bits per heavy atom. The van der Waals surface area contributed by atoms with Gasteiger partial charge in [0.1, 0.15) is 25.1 Å². The predicted molar refractivity (Wildman–Crippen MR) is 146 cm³/mol. The van der Waals surface area contributed by atoms with Crippen molar-refractivity contribution in [1.29, 1.82) is 0 Å². The number of carbonyl (C=O) groups is 4. The van der Waals surface area contributed by atoms with Crippen molar-refractivity contribution in [2.75, 3.05) is 13.2 Å². The van der Waals surface area contributed by atoms with Gasteiger partial charge in [-0.05, 0) is 49.1 Å². The quantitative estimate of drug-likeness (QED) is 0.182. The summed E-state index contributed by atoms with van der Waals surface area (Å²) in [5, 5.41) is 0. The Kier molecular flexibility index (Phi) is 12.7. The summed E-state index contributed by atoms with van der Waals surface area (Å²) in [6.07, 6.45) is -2.02. The van der Waals surface area contributed by atoms with Gasteiger partial charge in [-0.15, -0.1) is 0 Å². The van der Waals surface area contributed by atoms with Crippen LogP contribution in [0, 0.1) is 0 Å². The third-order valence-electron chi connectivity index (χ3n) is 6.13. The first kappa shape index (κ1) is 32.5. The monoisotopic (exact) mass is 587 g/mol. The summed E-state index contributed by atoms with van der Waals surface area (Å²) in [6.45, 7) is 5.03. The van der Waals surface area contributed by atoms with E-state index in [1.165, 1.54) is 27.7 Å². The van der Waals surface area contributed by atoms with E-state index in [0.29, 0.717) is 13.0 Å². The van der Waals surface area contributed by atoms with Crippen LogP contribution in [0.4, 0.5) is 0 Å². The van der Waals surface area contributed by atoms with Gasteiger partial charge in [0.15, 0.2) is 24.6 Å². The van der Waals surface area contributed by atoms with E-state index in [1.807, 2.05) is 42.5 Å². The second-order valence-corrected chi connectivity index (χ2v) is 9.65. The molecule has 3 rings (SSSR count). The largest absolute Gasteiger partial charge is 0.487 e. The van der Waals surface area contributed by atoms with E-state index >= 15 is 0 Å². The number of ether oxygens (including phenoxy) is 7. The van der Waals surface area contributed by atoms with E-state index in [2.05, 4.69) is 4.98 Å². The molecule has 1 saturated heterocycles. The van der Waals surface area contributed by atoms with Crippen molar-refractivity contribution >= 4 is 23.9 Å². The topological polar surface area (TPSA) is 146 Å². The Bertz CT molecular complexity index is 1170. The molecule has 0 radical (unpaired) electrons. The van der Waals surface area contributed by atoms with E-state index < -0.39 is 54.6 Å². The molecule has 0 saturated carbocycles. The summed E-state index contributed by atoms with van der Waals surface area (Å²) < 4.78 is 38.9. The maximum absolute atomic E-state index is 11.9. The molecule has 0 unspecified atom stereocenters. The number of rotatable bonds is 14. The maximum Gasteiger partial charge on any atom is 0.303 e. The molecule has 12 heteroatoms. The molecule has 0 N–H and O–H groups in total. The molecule has 1 aromatic carbocycles. The second-order valence-electron chi connectivity index (χ2n) is 9.65. The molecule has 1 aliphatic heterocycles. The van der Waals surface area contributed by atoms with Crippen molar-refractivity contribution in [3.8, 4) is 5.75 Å². The summed E-state index contributed by atoms with van der Waals surface area (Å²) in [7, 11) is 0. The average Bonchev–Trinajstić information content (AvgIpc) is 2.94. The molecule has 2 heterocycles. The van der Waals surface area contributed by atoms with Gasteiger partial charge >= 0.3 is 23.9 Å². The van der Waals surface area contributed by atoms with E-state index in [9.17, 15) is 19.2 Å². The number of esters is 4. The van der Waals surface area contributed by atoms with Crippen LogP contribution < -0.4 is 4.74 Å². The average molecular weight is 588 g/mol. The van der Waals surface area contributed by atoms with Gasteiger partial charge in [-0.25, -0.2) is 0 Å². The Balaban J connectivity index is 1.58. The molecule has 0 spiro atoms. The zero-order valence-electron chi connectivity index (χ0n) is 24.2. The van der Waals surface area contributed by atoms with E-state index in [-0.39, 0.29) is 13.2 Å². The first-order chi connectivity index (χ1) is 20.1. The fourth-order valence-electron chi connectivity index (χ4n) is 4.35. The van der Waals surface area contributed by atoms with Crippen molar-refractivity contribution in [1.82, 2.24) is 4.98 Å². The Labute approximate surface area is 244 Å². The van der Waals surface area contributed by atoms with Gasteiger partial charge in [0.25, 0.3) is 0 Å². The fourth-order valence-corrected chi connectivity index (χ4v) is 4.35. The maximum atomic E-state index is 11.9. The first-order valence-electron chi connectivity index (χ1n) is 13.7. The van der Waals surface area contributed by atoms with Crippen LogP contribution >= 0.6 is 0 Å². The Morgan fingerprint density at radius 2 is 1.45 bits per heavy atom. The molecular formula is C30H37NO11. The van der Waals surface area contributed by atoms with E-state index in [1.54, 1.807) is 6.20 Å². The van der Waals surface area contributed by atoms with Gasteiger partial charge < -0.3 is 33.2 Å². The Hall–Kier alpha value is -4.03. The van der Waals surface area contributed by atoms with E-state index in [4.69, 9.17) is 33.2 Å². The summed E-state index contributed by atoms with van der Waals surface area (Å²) in [5.41, 5.74) is 1.96. The SMILES string of the molecule is CC(=O)OC[C@H]1O[C@@H](OCCCCc2ccc(OCc3ccccn3)cc2)[C@H](OC(C)=O)[C@@H](OC(C)=O)[C@@H]1OC(C)=O. The van der Waals surface area contributed by atoms with Crippen LogP contribution in [-0.4, -0.2) is 72.8 Å². The molecule has 2 aromatic rings. The number of aromatic nitrogens is 1. The van der Waals surface area contributed by atoms with Crippen molar-refractivity contribution in [2.24, 2.45) is 0 Å². The first-order valence-corrected chi connectivity index (χ1v) is 13.7. The van der Waals surface area contributed by atoms with Gasteiger partial charge in [0.05, 0.1) is 5.69 Å². The third kappa shape index (κ3) is 10.7. The minimum atomic E-state index is -1.26. The van der Waals surface area contributed by atoms with Crippen molar-refractivity contribution in [3.05, 3.63) is 59.9 Å². The molecule has 42 heavy (non-hydrogen) atoms. The molecule has 0 bridgehead atoms. The molecule has 5 atom stereocenters. The zero-order chi connectivity index (χ0) is 30.5. The highest BCUT2D eigenvalue weighted by Gasteiger charge is 2.52. The van der Waals surface area contributed by atoms with Crippen LogP contribution in [0.2, 0.25) is 0 Å². The van der Waals surface area contributed by atoms with Crippen LogP contribution in [0.15, 0.2) is 48.7 Å². The van der Waals surface area contributed by atoms with Gasteiger partial charge in [0.2, 0.25) is 0 Å². The van der Waals surface area contributed by atoms with Gasteiger partial charge in [-0.3, -0.25) is 24.2 Å². The summed E-state index contributed by atoms with van der Waals surface area (Å²) in [6, 6.07) is 13.5. The minimum absolute atomic E-state index is 0.221. The van der Waals surface area contributed by atoms with Crippen LogP contribution in [0.1, 0.15) is 51.8 Å². The van der Waals surface area contributed by atoms with Gasteiger partial charge in [-0.1, -0.05) is 18.2 Å². The second kappa shape index (κ2) is 16.4. The number of hydrogen-bond donors (Lipinski definition) is 0. The van der Waals surface area contributed by atoms with Crippen molar-refractivity contribution < 1.29 is 52.3 Å². The molecule has 0 amide bonds. The summed E-state index contributed by atoms with van der Waals surface area (Å²) in [5.74, 6) is -1.91. The van der Waals surface area contributed by atoms with Crippen LogP contribution in [0.25, 0.3) is 0 Å². The summed E-state index contributed by atoms with van der Waals surface area (Å²) >= 11 is 0. The van der Waals surface area contributed by atoms with Crippen LogP contribution in [-0.2, 0) is 60.6 Å². The van der Waals surface area contributed by atoms with Gasteiger partial charge in [0, 0.05) is 40.5 Å². The van der Waals surface area contributed by atoms with Crippen LogP contribution in [0.5, 0.6) is 5.75 Å². The number of benzene rings is 1. The third-order valence-corrected chi connectivity index (χ3v) is 6.13. The molecular weight excluding hydrogens is 550 g/mol. The molecule has 0 aliphatic carbocycles. The lowest BCUT2D eigenvalue weighted by atomic mass is 9.98. The number of unbranched alkanes of at least 4 members (excludes halogenated alkanes) is 1. The van der Waals surface area contributed by atoms with Gasteiger partial charge in [-0.2, -0.15) is 0 Å². The Morgan fingerprint density at radius 1 is 0.786 bits per heavy atom. The van der Waals surface area contributed by atoms with Crippen molar-refractivity contribution in [3.63, 3.8) is 0 Å². The fraction of sp³-hybridized carbons (Fsp3) is 0.500. The highest BCUT2D eigenvalue weighted by molar-refractivity contribution is 5.68. The highest BCUT2D eigenvalue weighted by Crippen LogP contribution is 2.30. The smallest absolute Gasteiger partial charge is 0.303 e. The number of aryl methyl sites for hydroxylation is 1. The van der Waals surface area contributed by atoms with Crippen LogP contribution in [0.3, 0.4) is 0 Å². The standard InChI is InChI=1S/C30H37NO11/c1-19(32)37-18-26-27(39-20(2)33)28(40-21(3)34)29(41-22(4)35)30(42-26)36-16-8-6-9-23-11-13-25(14-12-23)38-17-24-10-5-7-15-31-24/h5,7,10-15,26-30H,6,8-9,16-18H2,1-4H3/t26-,27-,28+,29-,30-/m1/s1. The molecule has 228 valence electrons. The predicted octanol–water partition coefficient (Wildman–Crippen LogP) is 3.08. The molecule has 12 nitrogen and oxygen atoms in total. The van der Waals surface area contributed by atoms with Crippen molar-refractivity contribution in [2.45, 2.75) is 84.3 Å². The molecule has 1 aliphatic rings. The minimum Gasteiger partial charge on any atom is -0.487 e. The number of pyridine rings is 1. The number of hydrogen-bond acceptors (Lipinski definition) is 12. The number of carbonyl (C=O) groups excluding carboxylic acids is 4.